The summed E-state index contributed by atoms with van der Waals surface area (Å²) >= 11 is 0. The molecule has 0 saturated heterocycles. The van der Waals surface area contributed by atoms with Crippen LogP contribution >= 0.6 is 0 Å². The van der Waals surface area contributed by atoms with Gasteiger partial charge in [0, 0.05) is 0 Å². The van der Waals surface area contributed by atoms with Crippen LogP contribution < -0.4 is 0 Å². The van der Waals surface area contributed by atoms with Crippen LogP contribution in [-0.2, 0) is 0 Å². The molecule has 0 bridgehead atoms. The summed E-state index contributed by atoms with van der Waals surface area (Å²) in [5.41, 5.74) is 0.474. The van der Waals surface area contributed by atoms with Gasteiger partial charge in [-0.25, -0.2) is 0 Å². The second kappa shape index (κ2) is 2.84. The second-order valence-corrected chi connectivity index (χ2v) is 5.17. The average Bonchev–Trinajstić information content (AvgIpc) is 2.59. The van der Waals surface area contributed by atoms with Gasteiger partial charge >= 0.3 is 0 Å². The van der Waals surface area contributed by atoms with Gasteiger partial charge < -0.3 is 5.11 Å². The fourth-order valence-electron chi connectivity index (χ4n) is 3.69. The maximum Gasteiger partial charge on any atom is 0.0610 e. The highest BCUT2D eigenvalue weighted by Gasteiger charge is 2.67. The molecule has 0 aromatic carbocycles. The highest BCUT2D eigenvalue weighted by atomic mass is 16.3. The van der Waals surface area contributed by atoms with Crippen LogP contribution in [0.3, 0.4) is 0 Å². The van der Waals surface area contributed by atoms with Crippen molar-refractivity contribution in [3.8, 4) is 0 Å². The quantitative estimate of drug-likeness (QED) is 0.662. The molecule has 2 aliphatic carbocycles. The van der Waals surface area contributed by atoms with Crippen molar-refractivity contribution in [2.45, 2.75) is 39.2 Å². The summed E-state index contributed by atoms with van der Waals surface area (Å²) in [7, 11) is 0. The number of fused-ring (bicyclic) bond motifs is 1. The van der Waals surface area contributed by atoms with Crippen molar-refractivity contribution in [3.05, 3.63) is 12.7 Å². The fraction of sp³-hybridized carbons (Fsp3) is 0.833. The SMILES string of the molecule is C=CC[C@@H](O)C1C2C(C)CCC21C. The monoisotopic (exact) mass is 180 g/mol. The van der Waals surface area contributed by atoms with Crippen LogP contribution in [0.4, 0.5) is 0 Å². The van der Waals surface area contributed by atoms with Gasteiger partial charge in [0.05, 0.1) is 6.10 Å². The van der Waals surface area contributed by atoms with E-state index < -0.39 is 0 Å². The lowest BCUT2D eigenvalue weighted by atomic mass is 9.95. The molecule has 1 heteroatoms. The molecule has 2 saturated carbocycles. The molecule has 0 amide bonds. The smallest absolute Gasteiger partial charge is 0.0610 e. The van der Waals surface area contributed by atoms with Crippen molar-refractivity contribution in [2.75, 3.05) is 0 Å². The Morgan fingerprint density at radius 1 is 1.69 bits per heavy atom. The molecular formula is C12H20O. The zero-order valence-electron chi connectivity index (χ0n) is 8.66. The maximum absolute atomic E-state index is 9.91. The third kappa shape index (κ3) is 1.17. The van der Waals surface area contributed by atoms with Gasteiger partial charge in [0.25, 0.3) is 0 Å². The second-order valence-electron chi connectivity index (χ2n) is 5.17. The van der Waals surface area contributed by atoms with Crippen molar-refractivity contribution in [3.63, 3.8) is 0 Å². The molecular weight excluding hydrogens is 160 g/mol. The van der Waals surface area contributed by atoms with Gasteiger partial charge in [-0.2, -0.15) is 0 Å². The zero-order chi connectivity index (χ0) is 9.64. The molecule has 2 fully saturated rings. The van der Waals surface area contributed by atoms with Gasteiger partial charge in [0.15, 0.2) is 0 Å². The first-order chi connectivity index (χ1) is 6.11. The highest BCUT2D eigenvalue weighted by Crippen LogP contribution is 2.71. The molecule has 0 aromatic rings. The predicted octanol–water partition coefficient (Wildman–Crippen LogP) is 2.61. The Labute approximate surface area is 80.8 Å². The molecule has 1 nitrogen and oxygen atoms in total. The minimum absolute atomic E-state index is 0.129. The summed E-state index contributed by atoms with van der Waals surface area (Å²) in [6.07, 6.45) is 5.15. The van der Waals surface area contributed by atoms with E-state index in [4.69, 9.17) is 0 Å². The van der Waals surface area contributed by atoms with Gasteiger partial charge in [0.2, 0.25) is 0 Å². The Kier molecular flexibility index (Phi) is 2.03. The summed E-state index contributed by atoms with van der Waals surface area (Å²) < 4.78 is 0. The van der Waals surface area contributed by atoms with Crippen molar-refractivity contribution in [2.24, 2.45) is 23.2 Å². The van der Waals surface area contributed by atoms with E-state index in [-0.39, 0.29) is 6.10 Å². The van der Waals surface area contributed by atoms with Crippen molar-refractivity contribution < 1.29 is 5.11 Å². The Balaban J connectivity index is 2.02. The zero-order valence-corrected chi connectivity index (χ0v) is 8.66. The Bertz CT molecular complexity index is 223. The molecule has 0 aromatic heterocycles. The van der Waals surface area contributed by atoms with E-state index in [0.29, 0.717) is 11.3 Å². The largest absolute Gasteiger partial charge is 0.392 e. The first kappa shape index (κ1) is 9.26. The van der Waals surface area contributed by atoms with Crippen LogP contribution in [0, 0.1) is 23.2 Å². The van der Waals surface area contributed by atoms with Gasteiger partial charge in [-0.1, -0.05) is 19.9 Å². The number of hydrogen-bond acceptors (Lipinski definition) is 1. The van der Waals surface area contributed by atoms with Crippen LogP contribution in [0.15, 0.2) is 12.7 Å². The van der Waals surface area contributed by atoms with Crippen molar-refractivity contribution in [1.82, 2.24) is 0 Å². The summed E-state index contributed by atoms with van der Waals surface area (Å²) in [5, 5.41) is 9.91. The van der Waals surface area contributed by atoms with Crippen molar-refractivity contribution in [1.29, 1.82) is 0 Å². The van der Waals surface area contributed by atoms with E-state index in [1.54, 1.807) is 0 Å². The summed E-state index contributed by atoms with van der Waals surface area (Å²) in [4.78, 5) is 0. The van der Waals surface area contributed by atoms with Crippen LogP contribution in [0.5, 0.6) is 0 Å². The minimum Gasteiger partial charge on any atom is -0.392 e. The lowest BCUT2D eigenvalue weighted by Crippen LogP contribution is -2.15. The van der Waals surface area contributed by atoms with Crippen LogP contribution in [-0.4, -0.2) is 11.2 Å². The Morgan fingerprint density at radius 2 is 2.38 bits per heavy atom. The summed E-state index contributed by atoms with van der Waals surface area (Å²) in [6.45, 7) is 8.36. The normalized spacial score (nSPS) is 49.9. The molecule has 2 aliphatic rings. The van der Waals surface area contributed by atoms with Crippen LogP contribution in [0.1, 0.15) is 33.1 Å². The third-order valence-electron chi connectivity index (χ3n) is 4.37. The van der Waals surface area contributed by atoms with Crippen LogP contribution in [0.2, 0.25) is 0 Å². The van der Waals surface area contributed by atoms with E-state index in [2.05, 4.69) is 20.4 Å². The van der Waals surface area contributed by atoms with E-state index in [9.17, 15) is 5.11 Å². The molecule has 5 atom stereocenters. The molecule has 13 heavy (non-hydrogen) atoms. The molecule has 4 unspecified atom stereocenters. The summed E-state index contributed by atoms with van der Waals surface area (Å²) in [6, 6.07) is 0. The molecule has 1 N–H and O–H groups in total. The first-order valence-corrected chi connectivity index (χ1v) is 5.40. The van der Waals surface area contributed by atoms with Crippen molar-refractivity contribution >= 4 is 0 Å². The third-order valence-corrected chi connectivity index (χ3v) is 4.37. The fourth-order valence-corrected chi connectivity index (χ4v) is 3.69. The number of hydrogen-bond donors (Lipinski definition) is 1. The summed E-state index contributed by atoms with van der Waals surface area (Å²) in [5.74, 6) is 2.19. The standard InChI is InChI=1S/C12H20O/c1-4-5-9(13)11-10-8(2)6-7-12(10,11)3/h4,8-11,13H,1,5-7H2,2-3H3/t8?,9-,10?,11?,12?/m1/s1. The van der Waals surface area contributed by atoms with Gasteiger partial charge in [-0.15, -0.1) is 6.58 Å². The van der Waals surface area contributed by atoms with Gasteiger partial charge in [-0.3, -0.25) is 0 Å². The van der Waals surface area contributed by atoms with E-state index in [1.807, 2.05) is 6.08 Å². The van der Waals surface area contributed by atoms with Crippen LogP contribution in [0.25, 0.3) is 0 Å². The lowest BCUT2D eigenvalue weighted by Gasteiger charge is -2.15. The Hall–Kier alpha value is -0.300. The lowest BCUT2D eigenvalue weighted by molar-refractivity contribution is 0.124. The number of aliphatic hydroxyl groups excluding tert-OH is 1. The molecule has 0 heterocycles. The van der Waals surface area contributed by atoms with Gasteiger partial charge in [-0.05, 0) is 42.4 Å². The Morgan fingerprint density at radius 3 is 2.85 bits per heavy atom. The molecule has 0 radical (unpaired) electrons. The maximum atomic E-state index is 9.91. The molecule has 0 aliphatic heterocycles. The van der Waals surface area contributed by atoms with E-state index in [1.165, 1.54) is 12.8 Å². The molecule has 2 rings (SSSR count). The molecule has 74 valence electrons. The van der Waals surface area contributed by atoms with Gasteiger partial charge in [0.1, 0.15) is 0 Å². The number of aliphatic hydroxyl groups is 1. The average molecular weight is 180 g/mol. The highest BCUT2D eigenvalue weighted by molar-refractivity contribution is 5.16. The predicted molar refractivity (Wildman–Crippen MR) is 54.3 cm³/mol. The minimum atomic E-state index is -0.129. The first-order valence-electron chi connectivity index (χ1n) is 5.40. The topological polar surface area (TPSA) is 20.2 Å². The number of rotatable bonds is 3. The molecule has 0 spiro atoms. The van der Waals surface area contributed by atoms with E-state index >= 15 is 0 Å². The van der Waals surface area contributed by atoms with E-state index in [0.717, 1.165) is 18.3 Å².